The number of carbonyl (C=O) groups excluding carboxylic acids is 1. The van der Waals surface area contributed by atoms with Gasteiger partial charge in [-0.15, -0.1) is 0 Å². The molecule has 194 valence electrons. The second-order valence-electron chi connectivity index (χ2n) is 11.0. The number of Topliss-reactive ketones (excluding diaryl/α,β-unsaturated/α-hetero) is 1. The average molecular weight is 506 g/mol. The van der Waals surface area contributed by atoms with Gasteiger partial charge in [0, 0.05) is 22.5 Å². The van der Waals surface area contributed by atoms with Gasteiger partial charge in [0.2, 0.25) is 0 Å². The molecule has 2 aliphatic rings. The molecule has 7 heteroatoms. The second-order valence-corrected chi connectivity index (χ2v) is 11.0. The molecule has 5 nitrogen and oxygen atoms in total. The van der Waals surface area contributed by atoms with E-state index >= 15 is 8.78 Å². The Morgan fingerprint density at radius 3 is 2.38 bits per heavy atom. The molecule has 3 aromatic carbocycles. The molecular weight excluding hydrogens is 472 g/mol. The number of nitrogens with two attached hydrogens (primary N) is 1. The fourth-order valence-electron chi connectivity index (χ4n) is 5.79. The number of fused-ring (bicyclic) bond motifs is 2. The minimum atomic E-state index is -0.982. The Morgan fingerprint density at radius 1 is 1.08 bits per heavy atom. The number of para-hydroxylation sites is 2. The molecule has 3 N–H and O–H groups in total. The number of nitrogen functional groups attached to an aromatic ring is 1. The molecule has 2 aliphatic heterocycles. The minimum Gasteiger partial charge on any atom is -0.487 e. The molecule has 1 spiro atoms. The molecule has 3 aromatic rings. The van der Waals surface area contributed by atoms with Crippen molar-refractivity contribution in [2.24, 2.45) is 5.41 Å². The first-order valence-electron chi connectivity index (χ1n) is 12.7. The van der Waals surface area contributed by atoms with Crippen molar-refractivity contribution in [3.8, 4) is 5.75 Å². The molecule has 0 bridgehead atoms. The maximum Gasteiger partial charge on any atom is 0.165 e. The van der Waals surface area contributed by atoms with Gasteiger partial charge in [0.25, 0.3) is 0 Å². The Labute approximate surface area is 216 Å². The fourth-order valence-corrected chi connectivity index (χ4v) is 5.79. The number of halogens is 2. The van der Waals surface area contributed by atoms with Gasteiger partial charge in [-0.1, -0.05) is 63.2 Å². The number of ether oxygens (including phenoxy) is 1. The van der Waals surface area contributed by atoms with Crippen molar-refractivity contribution in [1.29, 1.82) is 0 Å². The molecule has 0 aromatic heterocycles. The van der Waals surface area contributed by atoms with Gasteiger partial charge >= 0.3 is 0 Å². The van der Waals surface area contributed by atoms with Crippen LogP contribution in [-0.2, 0) is 16.8 Å². The van der Waals surface area contributed by atoms with E-state index in [0.29, 0.717) is 43.0 Å². The Morgan fingerprint density at radius 2 is 1.73 bits per heavy atom. The van der Waals surface area contributed by atoms with E-state index in [-0.39, 0.29) is 23.7 Å². The van der Waals surface area contributed by atoms with Crippen molar-refractivity contribution >= 4 is 22.8 Å². The van der Waals surface area contributed by atoms with Crippen LogP contribution in [0.2, 0.25) is 0 Å². The number of benzene rings is 3. The van der Waals surface area contributed by atoms with E-state index in [4.69, 9.17) is 10.5 Å². The fraction of sp³-hybridized carbons (Fsp3) is 0.367. The number of anilines is 3. The summed E-state index contributed by atoms with van der Waals surface area (Å²) < 4.78 is 37.4. The van der Waals surface area contributed by atoms with E-state index < -0.39 is 28.5 Å². The zero-order chi connectivity index (χ0) is 26.4. The summed E-state index contributed by atoms with van der Waals surface area (Å²) in [4.78, 5) is 16.1. The smallest absolute Gasteiger partial charge is 0.165 e. The SMILES string of the molecule is CC(C)(C)C(=O)C1N(c2ccccc2N)c2c(OCc3ccccc3)cc(F)c(F)c2C12CCNCC2. The molecule has 0 radical (unpaired) electrons. The van der Waals surface area contributed by atoms with E-state index in [1.807, 2.05) is 74.2 Å². The van der Waals surface area contributed by atoms with Crippen LogP contribution in [0.25, 0.3) is 0 Å². The molecule has 1 fully saturated rings. The summed E-state index contributed by atoms with van der Waals surface area (Å²) in [6, 6.07) is 17.1. The van der Waals surface area contributed by atoms with Gasteiger partial charge in [-0.05, 0) is 43.6 Å². The summed E-state index contributed by atoms with van der Waals surface area (Å²) >= 11 is 0. The van der Waals surface area contributed by atoms with Gasteiger partial charge < -0.3 is 20.7 Å². The molecule has 1 atom stereocenters. The third-order valence-electron chi connectivity index (χ3n) is 7.59. The lowest BCUT2D eigenvalue weighted by atomic mass is 9.65. The normalized spacial score (nSPS) is 18.6. The van der Waals surface area contributed by atoms with Crippen LogP contribution in [-0.4, -0.2) is 24.9 Å². The van der Waals surface area contributed by atoms with Gasteiger partial charge in [-0.25, -0.2) is 8.78 Å². The topological polar surface area (TPSA) is 67.6 Å². The minimum absolute atomic E-state index is 0.0531. The first kappa shape index (κ1) is 25.2. The van der Waals surface area contributed by atoms with Crippen molar-refractivity contribution < 1.29 is 18.3 Å². The van der Waals surface area contributed by atoms with E-state index in [1.54, 1.807) is 6.07 Å². The van der Waals surface area contributed by atoms with Crippen molar-refractivity contribution in [3.05, 3.63) is 83.4 Å². The van der Waals surface area contributed by atoms with E-state index in [2.05, 4.69) is 5.32 Å². The summed E-state index contributed by atoms with van der Waals surface area (Å²) in [7, 11) is 0. The van der Waals surface area contributed by atoms with Crippen LogP contribution in [0.5, 0.6) is 5.75 Å². The van der Waals surface area contributed by atoms with Gasteiger partial charge in [0.05, 0.1) is 17.1 Å². The zero-order valence-corrected chi connectivity index (χ0v) is 21.5. The molecular formula is C30H33F2N3O2. The molecule has 0 aliphatic carbocycles. The van der Waals surface area contributed by atoms with Gasteiger partial charge in [-0.3, -0.25) is 4.79 Å². The maximum absolute atomic E-state index is 16.0. The number of hydrogen-bond acceptors (Lipinski definition) is 5. The maximum atomic E-state index is 16.0. The number of hydrogen-bond donors (Lipinski definition) is 2. The van der Waals surface area contributed by atoms with Gasteiger partial charge in [0.1, 0.15) is 18.4 Å². The van der Waals surface area contributed by atoms with E-state index in [9.17, 15) is 4.79 Å². The number of nitrogens with zero attached hydrogens (tertiary/aromatic N) is 1. The van der Waals surface area contributed by atoms with Crippen LogP contribution in [0.15, 0.2) is 60.7 Å². The largest absolute Gasteiger partial charge is 0.487 e. The van der Waals surface area contributed by atoms with E-state index in [1.165, 1.54) is 0 Å². The number of piperidine rings is 1. The highest BCUT2D eigenvalue weighted by Gasteiger charge is 2.59. The Bertz CT molecular complexity index is 1310. The first-order chi connectivity index (χ1) is 17.6. The lowest BCUT2D eigenvalue weighted by Crippen LogP contribution is -2.56. The zero-order valence-electron chi connectivity index (χ0n) is 21.5. The summed E-state index contributed by atoms with van der Waals surface area (Å²) in [5.41, 5.74) is 7.31. The molecule has 0 saturated carbocycles. The summed E-state index contributed by atoms with van der Waals surface area (Å²) in [5.74, 6) is -1.76. The lowest BCUT2D eigenvalue weighted by molar-refractivity contribution is -0.129. The highest BCUT2D eigenvalue weighted by Crippen LogP contribution is 2.59. The summed E-state index contributed by atoms with van der Waals surface area (Å²) in [5, 5.41) is 3.32. The molecule has 0 amide bonds. The van der Waals surface area contributed by atoms with Crippen molar-refractivity contribution in [3.63, 3.8) is 0 Å². The Hall–Kier alpha value is -3.45. The highest BCUT2D eigenvalue weighted by molar-refractivity contribution is 6.00. The summed E-state index contributed by atoms with van der Waals surface area (Å²) in [6.07, 6.45) is 0.961. The number of ketones is 1. The molecule has 5 rings (SSSR count). The van der Waals surface area contributed by atoms with Crippen LogP contribution in [0.1, 0.15) is 44.7 Å². The van der Waals surface area contributed by atoms with Crippen LogP contribution in [0.4, 0.5) is 25.8 Å². The first-order valence-corrected chi connectivity index (χ1v) is 12.7. The molecule has 2 heterocycles. The Balaban J connectivity index is 1.78. The van der Waals surface area contributed by atoms with Crippen LogP contribution >= 0.6 is 0 Å². The quantitative estimate of drug-likeness (QED) is 0.424. The molecule has 1 unspecified atom stereocenters. The number of nitrogens with one attached hydrogen (secondary N) is 1. The second kappa shape index (κ2) is 9.45. The number of rotatable bonds is 5. The van der Waals surface area contributed by atoms with Gasteiger partial charge in [-0.2, -0.15) is 0 Å². The van der Waals surface area contributed by atoms with Crippen molar-refractivity contribution in [1.82, 2.24) is 5.32 Å². The van der Waals surface area contributed by atoms with Crippen LogP contribution < -0.4 is 20.7 Å². The van der Waals surface area contributed by atoms with Crippen LogP contribution in [0.3, 0.4) is 0 Å². The molecule has 37 heavy (non-hydrogen) atoms. The highest BCUT2D eigenvalue weighted by atomic mass is 19.2. The monoisotopic (exact) mass is 505 g/mol. The predicted molar refractivity (Wildman–Crippen MR) is 142 cm³/mol. The third-order valence-corrected chi connectivity index (χ3v) is 7.59. The third kappa shape index (κ3) is 4.25. The predicted octanol–water partition coefficient (Wildman–Crippen LogP) is 5.88. The number of carbonyl (C=O) groups is 1. The van der Waals surface area contributed by atoms with Crippen molar-refractivity contribution in [2.45, 2.75) is 51.7 Å². The lowest BCUT2D eigenvalue weighted by Gasteiger charge is -2.43. The van der Waals surface area contributed by atoms with Crippen molar-refractivity contribution in [2.75, 3.05) is 23.7 Å². The summed E-state index contributed by atoms with van der Waals surface area (Å²) in [6.45, 7) is 6.93. The van der Waals surface area contributed by atoms with Crippen LogP contribution in [0, 0.1) is 17.0 Å². The standard InChI is InChI=1S/C30H33F2N3O2/c1-29(2,3)28(36)27-30(13-15-34-16-14-30)24-25(32)20(31)17-23(37-18-19-9-5-4-6-10-19)26(24)35(27)22-12-8-7-11-21(22)33/h4-12,17,27,34H,13-16,18,33H2,1-3H3. The van der Waals surface area contributed by atoms with Gasteiger partial charge in [0.15, 0.2) is 17.4 Å². The van der Waals surface area contributed by atoms with E-state index in [0.717, 1.165) is 11.6 Å². The average Bonchev–Trinajstić information content (AvgIpc) is 3.15. The molecule has 1 saturated heterocycles. The Kier molecular flexibility index (Phi) is 6.44.